The van der Waals surface area contributed by atoms with Gasteiger partial charge >= 0.3 is 5.97 Å². The highest BCUT2D eigenvalue weighted by atomic mass is 32.2. The van der Waals surface area contributed by atoms with Gasteiger partial charge in [0.15, 0.2) is 0 Å². The van der Waals surface area contributed by atoms with Crippen molar-refractivity contribution in [3.8, 4) is 0 Å². The monoisotopic (exact) mass is 355 g/mol. The predicted octanol–water partition coefficient (Wildman–Crippen LogP) is 3.09. The fourth-order valence-corrected chi connectivity index (χ4v) is 2.83. The van der Waals surface area contributed by atoms with Crippen LogP contribution in [0.15, 0.2) is 29.2 Å². The Labute approximate surface area is 143 Å². The third-order valence-corrected chi connectivity index (χ3v) is 4.31. The first-order chi connectivity index (χ1) is 10.9. The number of carbonyl (C=O) groups excluding carboxylic acids is 1. The first-order valence-corrected chi connectivity index (χ1v) is 9.08. The number of nitrogens with one attached hydrogen (secondary N) is 1. The zero-order valence-electron chi connectivity index (χ0n) is 14.8. The third-order valence-electron chi connectivity index (χ3n) is 3.02. The van der Waals surface area contributed by atoms with Crippen LogP contribution in [0.25, 0.3) is 0 Å². The molecule has 1 N–H and O–H groups in total. The molecule has 1 aromatic rings. The van der Waals surface area contributed by atoms with E-state index >= 15 is 0 Å². The molecular weight excluding hydrogens is 330 g/mol. The second-order valence-electron chi connectivity index (χ2n) is 6.84. The minimum Gasteiger partial charge on any atom is -0.456 e. The summed E-state index contributed by atoms with van der Waals surface area (Å²) in [5, 5.41) is 7.75. The number of carbonyl (C=O) groups is 1. The number of rotatable bonds is 7. The van der Waals surface area contributed by atoms with Crippen LogP contribution in [-0.2, 0) is 23.8 Å². The van der Waals surface area contributed by atoms with Crippen LogP contribution in [0, 0.1) is 18.3 Å². The van der Waals surface area contributed by atoms with Crippen LogP contribution >= 0.6 is 0 Å². The van der Waals surface area contributed by atoms with Gasteiger partial charge in [-0.2, -0.15) is 8.42 Å². The minimum absolute atomic E-state index is 0.0817. The molecule has 0 aliphatic rings. The molecular formula is C17H25NO5S. The smallest absolute Gasteiger partial charge is 0.352 e. The van der Waals surface area contributed by atoms with E-state index in [1.807, 2.05) is 6.92 Å². The first kappa shape index (κ1) is 20.3. The van der Waals surface area contributed by atoms with Gasteiger partial charge in [-0.15, -0.1) is 0 Å². The van der Waals surface area contributed by atoms with Gasteiger partial charge < -0.3 is 4.74 Å². The lowest BCUT2D eigenvalue weighted by Crippen LogP contribution is -2.30. The van der Waals surface area contributed by atoms with Crippen LogP contribution in [0.2, 0.25) is 0 Å². The van der Waals surface area contributed by atoms with Gasteiger partial charge in [-0.1, -0.05) is 24.6 Å². The number of esters is 1. The van der Waals surface area contributed by atoms with Crippen LogP contribution in [0.3, 0.4) is 0 Å². The molecule has 0 bridgehead atoms. The lowest BCUT2D eigenvalue weighted by molar-refractivity contribution is -0.146. The van der Waals surface area contributed by atoms with E-state index in [2.05, 4.69) is 0 Å². The molecule has 134 valence electrons. The van der Waals surface area contributed by atoms with Gasteiger partial charge in [-0.3, -0.25) is 9.59 Å². The predicted molar refractivity (Wildman–Crippen MR) is 91.7 cm³/mol. The number of hydrogen-bond donors (Lipinski definition) is 1. The number of ether oxygens (including phenoxy) is 1. The van der Waals surface area contributed by atoms with Gasteiger partial charge in [0.2, 0.25) is 0 Å². The van der Waals surface area contributed by atoms with E-state index < -0.39 is 21.7 Å². The van der Waals surface area contributed by atoms with Crippen LogP contribution in [0.5, 0.6) is 0 Å². The summed E-state index contributed by atoms with van der Waals surface area (Å²) in [4.78, 5) is 11.8. The SMILES string of the molecule is Cc1ccc(S(=O)(=O)OC[C@H](C)CC(=N)C(=O)OC(C)(C)C)cc1. The van der Waals surface area contributed by atoms with Gasteiger partial charge in [0.1, 0.15) is 11.3 Å². The molecule has 7 heteroatoms. The molecule has 0 fully saturated rings. The summed E-state index contributed by atoms with van der Waals surface area (Å²) in [7, 11) is -3.84. The van der Waals surface area contributed by atoms with Crippen molar-refractivity contribution in [1.82, 2.24) is 0 Å². The second kappa shape index (κ2) is 7.90. The normalized spacial score (nSPS) is 13.4. The lowest BCUT2D eigenvalue weighted by atomic mass is 10.1. The van der Waals surface area contributed by atoms with E-state index in [-0.39, 0.29) is 29.6 Å². The fraction of sp³-hybridized carbons (Fsp3) is 0.529. The average molecular weight is 355 g/mol. The minimum atomic E-state index is -3.84. The van der Waals surface area contributed by atoms with Crippen molar-refractivity contribution in [2.45, 2.75) is 51.5 Å². The van der Waals surface area contributed by atoms with E-state index in [1.54, 1.807) is 39.8 Å². The first-order valence-electron chi connectivity index (χ1n) is 7.67. The topological polar surface area (TPSA) is 93.5 Å². The van der Waals surface area contributed by atoms with Gasteiger partial charge in [-0.25, -0.2) is 4.79 Å². The van der Waals surface area contributed by atoms with Crippen LogP contribution in [0.4, 0.5) is 0 Å². The maximum Gasteiger partial charge on any atom is 0.352 e. The molecule has 0 unspecified atom stereocenters. The molecule has 0 spiro atoms. The molecule has 1 rings (SSSR count). The van der Waals surface area contributed by atoms with Crippen molar-refractivity contribution in [1.29, 1.82) is 5.41 Å². The molecule has 24 heavy (non-hydrogen) atoms. The Morgan fingerprint density at radius 1 is 1.21 bits per heavy atom. The largest absolute Gasteiger partial charge is 0.456 e. The van der Waals surface area contributed by atoms with Gasteiger partial charge in [0.05, 0.1) is 11.5 Å². The fourth-order valence-electron chi connectivity index (χ4n) is 1.81. The summed E-state index contributed by atoms with van der Waals surface area (Å²) in [6.45, 7) is 8.63. The number of benzene rings is 1. The van der Waals surface area contributed by atoms with E-state index in [0.29, 0.717) is 0 Å². The summed E-state index contributed by atoms with van der Waals surface area (Å²) in [6.07, 6.45) is 0.0817. The Bertz CT molecular complexity index is 687. The molecule has 0 aliphatic carbocycles. The van der Waals surface area contributed by atoms with Gasteiger partial charge in [0, 0.05) is 6.42 Å². The molecule has 0 aromatic heterocycles. The Kier molecular flexibility index (Phi) is 6.68. The molecule has 1 aromatic carbocycles. The van der Waals surface area contributed by atoms with Crippen molar-refractivity contribution in [3.63, 3.8) is 0 Å². The van der Waals surface area contributed by atoms with E-state index in [4.69, 9.17) is 14.3 Å². The van der Waals surface area contributed by atoms with Gasteiger partial charge in [0.25, 0.3) is 10.1 Å². The van der Waals surface area contributed by atoms with Crippen molar-refractivity contribution in [3.05, 3.63) is 29.8 Å². The molecule has 6 nitrogen and oxygen atoms in total. The summed E-state index contributed by atoms with van der Waals surface area (Å²) < 4.78 is 34.3. The summed E-state index contributed by atoms with van der Waals surface area (Å²) >= 11 is 0. The molecule has 0 saturated heterocycles. The van der Waals surface area contributed by atoms with Crippen LogP contribution in [0.1, 0.15) is 39.7 Å². The van der Waals surface area contributed by atoms with E-state index in [9.17, 15) is 13.2 Å². The highest BCUT2D eigenvalue weighted by Gasteiger charge is 2.23. The van der Waals surface area contributed by atoms with E-state index in [1.165, 1.54) is 12.1 Å². The van der Waals surface area contributed by atoms with Gasteiger partial charge in [-0.05, 0) is 45.7 Å². The standard InChI is InChI=1S/C17H25NO5S/c1-12-6-8-14(9-7-12)24(20,21)22-11-13(2)10-15(18)16(19)23-17(3,4)5/h6-9,13,18H,10-11H2,1-5H3/t13-/m1/s1. The highest BCUT2D eigenvalue weighted by molar-refractivity contribution is 7.86. The number of hydrogen-bond acceptors (Lipinski definition) is 6. The van der Waals surface area contributed by atoms with Crippen molar-refractivity contribution < 1.29 is 22.1 Å². The maximum atomic E-state index is 12.1. The zero-order chi connectivity index (χ0) is 18.5. The Hall–Kier alpha value is -1.73. The molecule has 1 atom stereocenters. The van der Waals surface area contributed by atoms with Crippen molar-refractivity contribution in [2.75, 3.05) is 6.61 Å². The summed E-state index contributed by atoms with van der Waals surface area (Å²) in [5.74, 6) is -1.01. The average Bonchev–Trinajstić information content (AvgIpc) is 2.44. The molecule has 0 saturated carbocycles. The third kappa shape index (κ3) is 6.80. The van der Waals surface area contributed by atoms with Crippen molar-refractivity contribution in [2.24, 2.45) is 5.92 Å². The molecule has 0 aliphatic heterocycles. The lowest BCUT2D eigenvalue weighted by Gasteiger charge is -2.20. The Balaban J connectivity index is 2.56. The summed E-state index contributed by atoms with van der Waals surface area (Å²) in [5.41, 5.74) is 0.0830. The summed E-state index contributed by atoms with van der Waals surface area (Å²) in [6, 6.07) is 6.35. The molecule has 0 radical (unpaired) electrons. The number of aryl methyl sites for hydroxylation is 1. The van der Waals surface area contributed by atoms with Crippen LogP contribution in [-0.4, -0.2) is 32.3 Å². The quantitative estimate of drug-likeness (QED) is 0.461. The zero-order valence-corrected chi connectivity index (χ0v) is 15.6. The van der Waals surface area contributed by atoms with Crippen molar-refractivity contribution >= 4 is 21.8 Å². The highest BCUT2D eigenvalue weighted by Crippen LogP contribution is 2.16. The molecule has 0 amide bonds. The second-order valence-corrected chi connectivity index (χ2v) is 8.46. The Morgan fingerprint density at radius 3 is 2.25 bits per heavy atom. The molecule has 0 heterocycles. The maximum absolute atomic E-state index is 12.1. The van der Waals surface area contributed by atoms with Crippen LogP contribution < -0.4 is 0 Å². The van der Waals surface area contributed by atoms with E-state index in [0.717, 1.165) is 5.56 Å². The Morgan fingerprint density at radius 2 is 1.75 bits per heavy atom.